The van der Waals surface area contributed by atoms with E-state index in [-0.39, 0.29) is 66.8 Å². The fraction of sp³-hybridized carbons (Fsp3) is 0.255. The molecule has 1 aromatic heterocycles. The van der Waals surface area contributed by atoms with Crippen molar-refractivity contribution in [2.45, 2.75) is 71.3 Å². The molecule has 0 aliphatic carbocycles. The summed E-state index contributed by atoms with van der Waals surface area (Å²) >= 11 is 6.54. The van der Waals surface area contributed by atoms with Crippen molar-refractivity contribution in [2.75, 3.05) is 39.6 Å². The van der Waals surface area contributed by atoms with Gasteiger partial charge in [0.15, 0.2) is 5.58 Å². The standard InChI is InChI=1S/C55H55ClN6O10S2/c1-10-62(39-20-15-35(33(2)27-39)28-36(31-57)52-59-46-29-37(18-25-47(46)71-52)55(6,7)32-54(3,4)5)53(65)72-50(49(63)34-16-21-40(70-8)22-17-34)51(64)58-45-30-38(19-23-43(45)56)60-74(68,69)48-26-24-44(61-73(9,66)67)41-13-11-12-14-42(41)48/h11-30,50,60-61H,10,32H2,1-9H3,(H,58,64)/b36-28+. The Morgan fingerprint density at radius 2 is 1.57 bits per heavy atom. The number of rotatable bonds is 17. The molecule has 1 atom stereocenters. The number of oxazole rings is 1. The molecule has 2 amide bonds. The maximum atomic E-state index is 14.3. The van der Waals surface area contributed by atoms with E-state index >= 15 is 0 Å². The Hall–Kier alpha value is -7.72. The number of amides is 2. The summed E-state index contributed by atoms with van der Waals surface area (Å²) in [6, 6.07) is 31.7. The van der Waals surface area contributed by atoms with Gasteiger partial charge in [-0.1, -0.05) is 82.6 Å². The van der Waals surface area contributed by atoms with E-state index in [2.05, 4.69) is 60.4 Å². The van der Waals surface area contributed by atoms with E-state index in [0.29, 0.717) is 39.0 Å². The monoisotopic (exact) mass is 1060 g/mol. The lowest BCUT2D eigenvalue weighted by molar-refractivity contribution is -0.122. The maximum Gasteiger partial charge on any atom is 0.415 e. The SMILES string of the molecule is CCN(C(=O)OC(C(=O)Nc1cc(NS(=O)(=O)c2ccc(NS(C)(=O)=O)c3ccccc23)ccc1Cl)C(=O)c1ccc(OC)cc1)c1ccc(/C=C(\C#N)c2nc3cc(C(C)(C)CC(C)(C)C)ccc3o2)c(C)c1. The van der Waals surface area contributed by atoms with E-state index in [1.54, 1.807) is 56.3 Å². The lowest BCUT2D eigenvalue weighted by Crippen LogP contribution is -2.43. The zero-order valence-corrected chi connectivity index (χ0v) is 44.5. The van der Waals surface area contributed by atoms with Gasteiger partial charge in [0, 0.05) is 28.6 Å². The summed E-state index contributed by atoms with van der Waals surface area (Å²) in [4.78, 5) is 48.3. The summed E-state index contributed by atoms with van der Waals surface area (Å²) in [7, 11) is -6.63. The van der Waals surface area contributed by atoms with Crippen LogP contribution in [0.25, 0.3) is 33.5 Å². The molecule has 19 heteroatoms. The number of anilines is 4. The van der Waals surface area contributed by atoms with Gasteiger partial charge in [0.2, 0.25) is 27.8 Å². The van der Waals surface area contributed by atoms with Gasteiger partial charge in [0.25, 0.3) is 15.9 Å². The van der Waals surface area contributed by atoms with E-state index in [9.17, 15) is 36.5 Å². The van der Waals surface area contributed by atoms with Crippen LogP contribution in [0.4, 0.5) is 27.5 Å². The van der Waals surface area contributed by atoms with Crippen molar-refractivity contribution in [1.82, 2.24) is 4.98 Å². The van der Waals surface area contributed by atoms with E-state index < -0.39 is 43.9 Å². The average Bonchev–Trinajstić information content (AvgIpc) is 3.76. The summed E-state index contributed by atoms with van der Waals surface area (Å²) in [6.07, 6.45) is 0.416. The Morgan fingerprint density at radius 1 is 0.865 bits per heavy atom. The van der Waals surface area contributed by atoms with Crippen molar-refractivity contribution in [1.29, 1.82) is 5.26 Å². The van der Waals surface area contributed by atoms with Crippen molar-refractivity contribution in [2.24, 2.45) is 5.41 Å². The van der Waals surface area contributed by atoms with E-state index in [1.165, 1.54) is 72.7 Å². The topological polar surface area (TPSA) is 227 Å². The highest BCUT2D eigenvalue weighted by Crippen LogP contribution is 2.38. The number of carbonyl (C=O) groups excluding carboxylic acids is 3. The fourth-order valence-corrected chi connectivity index (χ4v) is 10.8. The first-order chi connectivity index (χ1) is 34.8. The number of ether oxygens (including phenoxy) is 2. The highest BCUT2D eigenvalue weighted by molar-refractivity contribution is 7.93. The van der Waals surface area contributed by atoms with Gasteiger partial charge in [-0.2, -0.15) is 5.26 Å². The fourth-order valence-electron chi connectivity index (χ4n) is 8.78. The van der Waals surface area contributed by atoms with Crippen LogP contribution in [0, 0.1) is 23.7 Å². The third-order valence-electron chi connectivity index (χ3n) is 11.9. The van der Waals surface area contributed by atoms with Gasteiger partial charge in [0.1, 0.15) is 22.9 Å². The van der Waals surface area contributed by atoms with Crippen LogP contribution in [-0.2, 0) is 35.0 Å². The number of halogens is 1. The number of hydrogen-bond donors (Lipinski definition) is 3. The minimum Gasteiger partial charge on any atom is -0.497 e. The molecule has 74 heavy (non-hydrogen) atoms. The van der Waals surface area contributed by atoms with Crippen molar-refractivity contribution in [3.8, 4) is 11.8 Å². The van der Waals surface area contributed by atoms with Crippen LogP contribution in [-0.4, -0.2) is 65.6 Å². The van der Waals surface area contributed by atoms with Crippen molar-refractivity contribution >= 4 is 106 Å². The smallest absolute Gasteiger partial charge is 0.415 e. The van der Waals surface area contributed by atoms with Crippen LogP contribution in [0.1, 0.15) is 80.9 Å². The highest BCUT2D eigenvalue weighted by atomic mass is 35.5. The molecular weight excluding hydrogens is 1000 g/mol. The number of ketones is 1. The van der Waals surface area contributed by atoms with Crippen LogP contribution in [0.15, 0.2) is 125 Å². The molecule has 0 bridgehead atoms. The molecule has 1 heterocycles. The summed E-state index contributed by atoms with van der Waals surface area (Å²) in [5.41, 5.74) is 4.05. The number of nitrogens with zero attached hydrogens (tertiary/aromatic N) is 3. The summed E-state index contributed by atoms with van der Waals surface area (Å²) < 4.78 is 73.8. The Balaban J connectivity index is 1.13. The number of allylic oxidation sites excluding steroid dienone is 1. The van der Waals surface area contributed by atoms with Crippen molar-refractivity contribution < 1.29 is 45.1 Å². The largest absolute Gasteiger partial charge is 0.497 e. The normalized spacial score (nSPS) is 12.7. The lowest BCUT2D eigenvalue weighted by atomic mass is 9.72. The molecule has 384 valence electrons. The van der Waals surface area contributed by atoms with Gasteiger partial charge in [-0.05, 0) is 133 Å². The number of Topliss-reactive ketones (excluding diaryl/α,β-unsaturated/α-hetero) is 1. The quantitative estimate of drug-likeness (QED) is 0.0440. The van der Waals surface area contributed by atoms with E-state index in [1.807, 2.05) is 18.2 Å². The third kappa shape index (κ3) is 12.5. The molecule has 0 saturated carbocycles. The molecule has 6 aromatic carbocycles. The minimum absolute atomic E-state index is 0.00317. The molecule has 7 aromatic rings. The predicted molar refractivity (Wildman–Crippen MR) is 290 cm³/mol. The molecule has 1 unspecified atom stereocenters. The second-order valence-electron chi connectivity index (χ2n) is 19.5. The number of nitrogens with one attached hydrogen (secondary N) is 3. The molecule has 16 nitrogen and oxygen atoms in total. The number of nitriles is 1. The van der Waals surface area contributed by atoms with E-state index in [4.69, 9.17) is 25.5 Å². The van der Waals surface area contributed by atoms with Crippen LogP contribution < -0.4 is 24.4 Å². The first-order valence-corrected chi connectivity index (χ1v) is 27.0. The second-order valence-corrected chi connectivity index (χ2v) is 23.3. The maximum absolute atomic E-state index is 14.3. The Kier molecular flexibility index (Phi) is 15.6. The van der Waals surface area contributed by atoms with Crippen molar-refractivity contribution in [3.63, 3.8) is 0 Å². The number of aryl methyl sites for hydroxylation is 1. The molecule has 0 aliphatic rings. The molecule has 0 radical (unpaired) electrons. The van der Waals surface area contributed by atoms with Gasteiger partial charge in [-0.25, -0.2) is 26.6 Å². The average molecular weight is 1060 g/mol. The third-order valence-corrected chi connectivity index (χ3v) is 14.3. The number of fused-ring (bicyclic) bond motifs is 2. The molecule has 0 fully saturated rings. The number of aromatic nitrogens is 1. The van der Waals surface area contributed by atoms with Gasteiger partial charge in [-0.15, -0.1) is 0 Å². The zero-order chi connectivity index (χ0) is 53.9. The molecule has 0 aliphatic heterocycles. The van der Waals surface area contributed by atoms with E-state index in [0.717, 1.165) is 18.2 Å². The first-order valence-electron chi connectivity index (χ1n) is 23.2. The summed E-state index contributed by atoms with van der Waals surface area (Å²) in [5.74, 6) is -1.43. The molecule has 0 saturated heterocycles. The van der Waals surface area contributed by atoms with Crippen LogP contribution in [0.2, 0.25) is 5.02 Å². The zero-order valence-electron chi connectivity index (χ0n) is 42.2. The number of carbonyl (C=O) groups is 3. The summed E-state index contributed by atoms with van der Waals surface area (Å²) in [6.45, 7) is 14.5. The Bertz CT molecular complexity index is 3640. The summed E-state index contributed by atoms with van der Waals surface area (Å²) in [5, 5.41) is 13.3. The van der Waals surface area contributed by atoms with Crippen LogP contribution in [0.5, 0.6) is 5.75 Å². The van der Waals surface area contributed by atoms with Gasteiger partial charge in [0.05, 0.1) is 40.3 Å². The van der Waals surface area contributed by atoms with Gasteiger partial charge < -0.3 is 19.2 Å². The molecule has 7 rings (SSSR count). The molecule has 3 N–H and O–H groups in total. The van der Waals surface area contributed by atoms with Crippen molar-refractivity contribution in [3.05, 3.63) is 148 Å². The Labute approximate surface area is 435 Å². The number of methoxy groups -OCH3 is 1. The van der Waals surface area contributed by atoms with Crippen LogP contribution in [0.3, 0.4) is 0 Å². The predicted octanol–water partition coefficient (Wildman–Crippen LogP) is 11.8. The molecule has 0 spiro atoms. The number of sulfonamides is 2. The molecular formula is C55H55ClN6O10S2. The van der Waals surface area contributed by atoms with Crippen LogP contribution >= 0.6 is 11.6 Å². The number of hydrogen-bond acceptors (Lipinski definition) is 12. The van der Waals surface area contributed by atoms with Gasteiger partial charge >= 0.3 is 6.09 Å². The second kappa shape index (κ2) is 21.4. The Morgan fingerprint density at radius 3 is 2.20 bits per heavy atom. The lowest BCUT2D eigenvalue weighted by Gasteiger charge is -2.32. The first kappa shape index (κ1) is 54.1. The minimum atomic E-state index is -4.37. The number of benzene rings is 6. The highest BCUT2D eigenvalue weighted by Gasteiger charge is 2.35. The van der Waals surface area contributed by atoms with Gasteiger partial charge in [-0.3, -0.25) is 23.9 Å².